The van der Waals surface area contributed by atoms with Crippen molar-refractivity contribution < 1.29 is 46.4 Å². The summed E-state index contributed by atoms with van der Waals surface area (Å²) >= 11 is 1.05. The van der Waals surface area contributed by atoms with Gasteiger partial charge in [-0.3, -0.25) is 24.4 Å². The molecular formula is C30H20F5NO6S. The lowest BCUT2D eigenvalue weighted by Crippen LogP contribution is -2.37. The molecule has 222 valence electrons. The highest BCUT2D eigenvalue weighted by Gasteiger charge is 2.42. The Kier molecular flexibility index (Phi) is 6.86. The number of aliphatic hydroxyl groups is 2. The molecule has 1 unspecified atom stereocenters. The van der Waals surface area contributed by atoms with E-state index in [1.54, 1.807) is 30.3 Å². The van der Waals surface area contributed by atoms with E-state index in [9.17, 15) is 37.4 Å². The van der Waals surface area contributed by atoms with Crippen molar-refractivity contribution in [2.45, 2.75) is 36.7 Å². The number of hydrogen-bond donors (Lipinski definition) is 2. The lowest BCUT2D eigenvalue weighted by atomic mass is 9.92. The number of carbonyl (C=O) groups excluding carboxylic acids is 1. The Hall–Kier alpha value is -4.20. The van der Waals surface area contributed by atoms with E-state index in [0.29, 0.717) is 0 Å². The third-order valence-corrected chi connectivity index (χ3v) is 8.57. The largest absolute Gasteiger partial charge is 0.505 e. The molecule has 0 amide bonds. The van der Waals surface area contributed by atoms with Gasteiger partial charge in [0.15, 0.2) is 17.3 Å². The Morgan fingerprint density at radius 2 is 1.74 bits per heavy atom. The highest BCUT2D eigenvalue weighted by molar-refractivity contribution is 7.99. The Balaban J connectivity index is 1.61. The molecule has 4 aromatic rings. The van der Waals surface area contributed by atoms with Crippen LogP contribution in [0.2, 0.25) is 0 Å². The first-order valence-corrected chi connectivity index (χ1v) is 13.8. The molecule has 1 atom stereocenters. The molecule has 0 saturated heterocycles. The molecule has 3 aromatic carbocycles. The van der Waals surface area contributed by atoms with Crippen molar-refractivity contribution in [2.75, 3.05) is 5.75 Å². The van der Waals surface area contributed by atoms with Gasteiger partial charge in [0.25, 0.3) is 5.56 Å². The lowest BCUT2D eigenvalue weighted by molar-refractivity contribution is -0.386. The zero-order chi connectivity index (χ0) is 30.8. The van der Waals surface area contributed by atoms with Gasteiger partial charge < -0.3 is 9.47 Å². The molecule has 7 nitrogen and oxygen atoms in total. The van der Waals surface area contributed by atoms with E-state index in [0.717, 1.165) is 46.7 Å². The molecule has 1 aromatic heterocycles. The van der Waals surface area contributed by atoms with Gasteiger partial charge in [-0.25, -0.2) is 8.78 Å². The van der Waals surface area contributed by atoms with E-state index < -0.39 is 70.2 Å². The normalized spacial score (nSPS) is 16.8. The van der Waals surface area contributed by atoms with Crippen LogP contribution in [0.1, 0.15) is 38.7 Å². The molecule has 0 bridgehead atoms. The summed E-state index contributed by atoms with van der Waals surface area (Å²) in [5.74, 6) is -3.84. The third kappa shape index (κ3) is 4.86. The van der Waals surface area contributed by atoms with Crippen molar-refractivity contribution in [1.29, 1.82) is 0 Å². The minimum Gasteiger partial charge on any atom is -0.403 e. The third-order valence-electron chi connectivity index (χ3n) is 7.37. The van der Waals surface area contributed by atoms with Crippen molar-refractivity contribution in [3.63, 3.8) is 0 Å². The minimum atomic E-state index is -4.90. The number of ketones is 1. The van der Waals surface area contributed by atoms with E-state index in [-0.39, 0.29) is 38.8 Å². The van der Waals surface area contributed by atoms with Gasteiger partial charge in [0, 0.05) is 28.9 Å². The number of thioether (sulfide) groups is 1. The van der Waals surface area contributed by atoms with Gasteiger partial charge in [-0.05, 0) is 42.3 Å². The van der Waals surface area contributed by atoms with Gasteiger partial charge in [0.05, 0.1) is 16.2 Å². The highest BCUT2D eigenvalue weighted by Crippen LogP contribution is 2.46. The van der Waals surface area contributed by atoms with Gasteiger partial charge in [0.2, 0.25) is 5.75 Å². The number of nitrogens with zero attached hydrogens (tertiary/aromatic N) is 1. The van der Waals surface area contributed by atoms with Crippen LogP contribution >= 0.6 is 11.8 Å². The first-order chi connectivity index (χ1) is 20.3. The average Bonchev–Trinajstić information content (AvgIpc) is 3.53. The van der Waals surface area contributed by atoms with Gasteiger partial charge in [-0.2, -0.15) is 13.2 Å². The molecule has 3 heterocycles. The predicted molar refractivity (Wildman–Crippen MR) is 144 cm³/mol. The maximum absolute atomic E-state index is 15.8. The summed E-state index contributed by atoms with van der Waals surface area (Å²) in [6.07, 6.45) is -8.69. The molecule has 0 aliphatic carbocycles. The van der Waals surface area contributed by atoms with Gasteiger partial charge >= 0.3 is 12.3 Å². The van der Waals surface area contributed by atoms with Crippen molar-refractivity contribution in [1.82, 2.24) is 4.57 Å². The standard InChI is InChI=1S/C30H20F5NO6S/c1-14-17(12-18-19(29(33,34)35)8-5-9-20(18)31)28-36(21(13-43-28)25(37)15-6-3-2-4-7-15)27(38)23(14)16-10-11-22-26(24(16)32)42-30(39,40)41-22/h2-11,21,39-40H,12-13H2,1H3. The highest BCUT2D eigenvalue weighted by atomic mass is 32.2. The molecular weight excluding hydrogens is 597 g/mol. The van der Waals surface area contributed by atoms with Crippen LogP contribution in [0.3, 0.4) is 0 Å². The van der Waals surface area contributed by atoms with Crippen molar-refractivity contribution in [3.8, 4) is 22.6 Å². The SMILES string of the molecule is Cc1c(Cc2c(F)cccc2C(F)(F)F)c2n(c(=O)c1-c1ccc3c(c1F)OC(O)(O)O3)C(C(=O)c1ccccc1)CS2. The van der Waals surface area contributed by atoms with Crippen molar-refractivity contribution in [2.24, 2.45) is 0 Å². The molecule has 13 heteroatoms. The monoisotopic (exact) mass is 617 g/mol. The zero-order valence-electron chi connectivity index (χ0n) is 22.0. The summed E-state index contributed by atoms with van der Waals surface area (Å²) in [6, 6.07) is 11.8. The van der Waals surface area contributed by atoms with Crippen molar-refractivity contribution in [3.05, 3.63) is 110 Å². The fourth-order valence-corrected chi connectivity index (χ4v) is 6.76. The number of aromatic nitrogens is 1. The van der Waals surface area contributed by atoms with Crippen LogP contribution < -0.4 is 15.0 Å². The van der Waals surface area contributed by atoms with Crippen LogP contribution in [0.25, 0.3) is 11.1 Å². The minimum absolute atomic E-state index is 0.0451. The fourth-order valence-electron chi connectivity index (χ4n) is 5.40. The maximum Gasteiger partial charge on any atom is 0.505 e. The summed E-state index contributed by atoms with van der Waals surface area (Å²) in [5.41, 5.74) is -3.02. The molecule has 2 aliphatic rings. The van der Waals surface area contributed by atoms with Gasteiger partial charge in [-0.1, -0.05) is 36.4 Å². The van der Waals surface area contributed by atoms with Crippen LogP contribution in [-0.4, -0.2) is 32.5 Å². The molecule has 43 heavy (non-hydrogen) atoms. The smallest absolute Gasteiger partial charge is 0.403 e. The number of carbonyl (C=O) groups is 1. The predicted octanol–water partition coefficient (Wildman–Crippen LogP) is 5.61. The number of rotatable bonds is 5. The zero-order valence-corrected chi connectivity index (χ0v) is 22.9. The van der Waals surface area contributed by atoms with Crippen LogP contribution in [0.4, 0.5) is 22.0 Å². The number of Topliss-reactive ketones (excluding diaryl/α,β-unsaturated/α-hetero) is 1. The number of pyridine rings is 1. The Morgan fingerprint density at radius 3 is 2.44 bits per heavy atom. The number of ether oxygens (including phenoxy) is 2. The van der Waals surface area contributed by atoms with Crippen LogP contribution in [0.5, 0.6) is 11.5 Å². The number of halogens is 5. The molecule has 0 fully saturated rings. The Bertz CT molecular complexity index is 1860. The number of hydrogen-bond acceptors (Lipinski definition) is 7. The Labute approximate surface area is 244 Å². The van der Waals surface area contributed by atoms with Crippen LogP contribution in [0.15, 0.2) is 70.5 Å². The first kappa shape index (κ1) is 28.9. The second-order valence-corrected chi connectivity index (χ2v) is 11.0. The second-order valence-electron chi connectivity index (χ2n) is 9.96. The van der Waals surface area contributed by atoms with Crippen LogP contribution in [-0.2, 0) is 12.6 Å². The van der Waals surface area contributed by atoms with Crippen LogP contribution in [0, 0.1) is 18.6 Å². The van der Waals surface area contributed by atoms with Crippen molar-refractivity contribution >= 4 is 17.5 Å². The molecule has 0 radical (unpaired) electrons. The van der Waals surface area contributed by atoms with Gasteiger partial charge in [-0.15, -0.1) is 11.8 Å². The summed E-state index contributed by atoms with van der Waals surface area (Å²) in [7, 11) is 0. The summed E-state index contributed by atoms with van der Waals surface area (Å²) in [4.78, 5) is 27.7. The Morgan fingerprint density at radius 1 is 1.02 bits per heavy atom. The molecule has 2 N–H and O–H groups in total. The topological polar surface area (TPSA) is 98.0 Å². The first-order valence-electron chi connectivity index (χ1n) is 12.8. The van der Waals surface area contributed by atoms with E-state index >= 15 is 4.39 Å². The lowest BCUT2D eigenvalue weighted by Gasteiger charge is -2.21. The summed E-state index contributed by atoms with van der Waals surface area (Å²) in [6.45, 7) is 1.39. The molecule has 0 spiro atoms. The number of fused-ring (bicyclic) bond motifs is 2. The molecule has 6 rings (SSSR count). The quantitative estimate of drug-likeness (QED) is 0.171. The molecule has 2 aliphatic heterocycles. The van der Waals surface area contributed by atoms with E-state index in [2.05, 4.69) is 0 Å². The fraction of sp³-hybridized carbons (Fsp3) is 0.200. The maximum atomic E-state index is 15.8. The summed E-state index contributed by atoms with van der Waals surface area (Å²) in [5, 5.41) is 19.5. The van der Waals surface area contributed by atoms with E-state index in [4.69, 9.17) is 9.47 Å². The van der Waals surface area contributed by atoms with E-state index in [1.807, 2.05) is 0 Å². The number of alkyl halides is 3. The molecule has 0 saturated carbocycles. The van der Waals surface area contributed by atoms with Gasteiger partial charge in [0.1, 0.15) is 11.9 Å². The van der Waals surface area contributed by atoms with E-state index in [1.165, 1.54) is 6.92 Å². The summed E-state index contributed by atoms with van der Waals surface area (Å²) < 4.78 is 83.2. The average molecular weight is 618 g/mol. The second kappa shape index (κ2) is 10.2. The number of benzene rings is 3.